The van der Waals surface area contributed by atoms with E-state index < -0.39 is 0 Å². The lowest BCUT2D eigenvalue weighted by molar-refractivity contribution is 0.418. The zero-order chi connectivity index (χ0) is 13.9. The van der Waals surface area contributed by atoms with E-state index in [-0.39, 0.29) is 11.4 Å². The van der Waals surface area contributed by atoms with Crippen LogP contribution in [0.2, 0.25) is 0 Å². The Bertz CT molecular complexity index is 417. The third kappa shape index (κ3) is 3.93. The van der Waals surface area contributed by atoms with Crippen molar-refractivity contribution in [3.63, 3.8) is 0 Å². The van der Waals surface area contributed by atoms with Gasteiger partial charge >= 0.3 is 0 Å². The number of nitrogens with one attached hydrogen (secondary N) is 1. The standard InChI is InChI=1S/C16H25FN2/c1-16(2,3)18-12-13-14(17)8-7-9-15(13)19-10-5-4-6-11-19/h7-9,18H,4-6,10-12H2,1-3H3. The van der Waals surface area contributed by atoms with Crippen molar-refractivity contribution in [1.82, 2.24) is 5.32 Å². The zero-order valence-electron chi connectivity index (χ0n) is 12.3. The number of anilines is 1. The van der Waals surface area contributed by atoms with Crippen LogP contribution in [0.15, 0.2) is 18.2 Å². The van der Waals surface area contributed by atoms with Crippen molar-refractivity contribution in [2.45, 2.75) is 52.1 Å². The molecule has 19 heavy (non-hydrogen) atoms. The maximum absolute atomic E-state index is 14.1. The molecule has 1 aromatic carbocycles. The average Bonchev–Trinajstić information content (AvgIpc) is 2.37. The molecule has 0 amide bonds. The van der Waals surface area contributed by atoms with E-state index in [2.05, 4.69) is 31.0 Å². The summed E-state index contributed by atoms with van der Waals surface area (Å²) in [6.07, 6.45) is 3.71. The van der Waals surface area contributed by atoms with Crippen LogP contribution in [0, 0.1) is 5.82 Å². The van der Waals surface area contributed by atoms with Crippen molar-refractivity contribution >= 4 is 5.69 Å². The summed E-state index contributed by atoms with van der Waals surface area (Å²) in [5.41, 5.74) is 1.87. The molecule has 0 aliphatic carbocycles. The average molecular weight is 264 g/mol. The minimum absolute atomic E-state index is 0.00144. The van der Waals surface area contributed by atoms with Crippen molar-refractivity contribution in [3.05, 3.63) is 29.6 Å². The maximum Gasteiger partial charge on any atom is 0.129 e. The minimum Gasteiger partial charge on any atom is -0.371 e. The van der Waals surface area contributed by atoms with Crippen LogP contribution in [-0.2, 0) is 6.54 Å². The predicted molar refractivity (Wildman–Crippen MR) is 79.1 cm³/mol. The van der Waals surface area contributed by atoms with Gasteiger partial charge in [0.25, 0.3) is 0 Å². The number of hydrogen-bond donors (Lipinski definition) is 1. The largest absolute Gasteiger partial charge is 0.371 e. The fourth-order valence-corrected chi connectivity index (χ4v) is 2.51. The Kier molecular flexibility index (Phi) is 4.46. The van der Waals surface area contributed by atoms with Crippen LogP contribution in [0.4, 0.5) is 10.1 Å². The molecule has 1 aliphatic rings. The molecule has 0 unspecified atom stereocenters. The van der Waals surface area contributed by atoms with E-state index in [0.29, 0.717) is 6.54 Å². The third-order valence-electron chi connectivity index (χ3n) is 3.59. The lowest BCUT2D eigenvalue weighted by Gasteiger charge is -2.31. The Labute approximate surface area is 116 Å². The SMILES string of the molecule is CC(C)(C)NCc1c(F)cccc1N1CCCCC1. The van der Waals surface area contributed by atoms with Gasteiger partial charge in [-0.15, -0.1) is 0 Å². The predicted octanol–water partition coefficient (Wildman–Crippen LogP) is 3.70. The first kappa shape index (κ1) is 14.3. The molecule has 2 nitrogen and oxygen atoms in total. The van der Waals surface area contributed by atoms with Crippen LogP contribution >= 0.6 is 0 Å². The van der Waals surface area contributed by atoms with Gasteiger partial charge in [-0.25, -0.2) is 4.39 Å². The molecule has 1 aliphatic heterocycles. The minimum atomic E-state index is -0.0974. The summed E-state index contributed by atoms with van der Waals surface area (Å²) in [7, 11) is 0. The quantitative estimate of drug-likeness (QED) is 0.895. The van der Waals surface area contributed by atoms with Gasteiger partial charge in [-0.05, 0) is 52.2 Å². The fourth-order valence-electron chi connectivity index (χ4n) is 2.51. The maximum atomic E-state index is 14.1. The zero-order valence-corrected chi connectivity index (χ0v) is 12.3. The molecule has 0 radical (unpaired) electrons. The van der Waals surface area contributed by atoms with Gasteiger partial charge in [-0.3, -0.25) is 0 Å². The summed E-state index contributed by atoms with van der Waals surface area (Å²) in [5, 5.41) is 3.39. The highest BCUT2D eigenvalue weighted by Crippen LogP contribution is 2.26. The summed E-state index contributed by atoms with van der Waals surface area (Å²) >= 11 is 0. The topological polar surface area (TPSA) is 15.3 Å². The molecule has 1 saturated heterocycles. The number of nitrogens with zero attached hydrogens (tertiary/aromatic N) is 1. The van der Waals surface area contributed by atoms with Crippen molar-refractivity contribution in [2.24, 2.45) is 0 Å². The van der Waals surface area contributed by atoms with E-state index in [1.807, 2.05) is 12.1 Å². The molecule has 0 saturated carbocycles. The summed E-state index contributed by atoms with van der Waals surface area (Å²) < 4.78 is 14.1. The molecular formula is C16H25FN2. The Morgan fingerprint density at radius 1 is 1.16 bits per heavy atom. The van der Waals surface area contributed by atoms with E-state index in [1.165, 1.54) is 19.3 Å². The van der Waals surface area contributed by atoms with Crippen LogP contribution in [0.25, 0.3) is 0 Å². The Morgan fingerprint density at radius 3 is 2.47 bits per heavy atom. The second kappa shape index (κ2) is 5.91. The normalized spacial score (nSPS) is 16.7. The van der Waals surface area contributed by atoms with Crippen LogP contribution in [0.3, 0.4) is 0 Å². The smallest absolute Gasteiger partial charge is 0.129 e. The molecule has 0 bridgehead atoms. The fraction of sp³-hybridized carbons (Fsp3) is 0.625. The van der Waals surface area contributed by atoms with Crippen molar-refractivity contribution < 1.29 is 4.39 Å². The van der Waals surface area contributed by atoms with Gasteiger partial charge in [0.05, 0.1) is 0 Å². The molecule has 0 aromatic heterocycles. The first-order chi connectivity index (χ1) is 8.97. The van der Waals surface area contributed by atoms with Gasteiger partial charge in [-0.1, -0.05) is 6.07 Å². The van der Waals surface area contributed by atoms with Crippen LogP contribution in [0.5, 0.6) is 0 Å². The first-order valence-electron chi connectivity index (χ1n) is 7.25. The highest BCUT2D eigenvalue weighted by Gasteiger charge is 2.18. The third-order valence-corrected chi connectivity index (χ3v) is 3.59. The molecule has 1 aromatic rings. The highest BCUT2D eigenvalue weighted by molar-refractivity contribution is 5.54. The van der Waals surface area contributed by atoms with E-state index in [4.69, 9.17) is 0 Å². The van der Waals surface area contributed by atoms with Crippen molar-refractivity contribution in [2.75, 3.05) is 18.0 Å². The van der Waals surface area contributed by atoms with E-state index in [1.54, 1.807) is 6.07 Å². The monoisotopic (exact) mass is 264 g/mol. The lowest BCUT2D eigenvalue weighted by atomic mass is 10.0. The van der Waals surface area contributed by atoms with Gasteiger partial charge in [0.2, 0.25) is 0 Å². The van der Waals surface area contributed by atoms with Crippen LogP contribution in [0.1, 0.15) is 45.6 Å². The summed E-state index contributed by atoms with van der Waals surface area (Å²) in [6.45, 7) is 9.00. The summed E-state index contributed by atoms with van der Waals surface area (Å²) in [6, 6.07) is 5.43. The lowest BCUT2D eigenvalue weighted by Crippen LogP contribution is -2.36. The second-order valence-corrected chi connectivity index (χ2v) is 6.39. The molecular weight excluding hydrogens is 239 g/mol. The molecule has 2 rings (SSSR count). The van der Waals surface area contributed by atoms with Gasteiger partial charge in [0.15, 0.2) is 0 Å². The Hall–Kier alpha value is -1.09. The number of benzene rings is 1. The van der Waals surface area contributed by atoms with Gasteiger partial charge in [-0.2, -0.15) is 0 Å². The van der Waals surface area contributed by atoms with Crippen molar-refractivity contribution in [3.8, 4) is 0 Å². The van der Waals surface area contributed by atoms with Gasteiger partial charge in [0, 0.05) is 36.4 Å². The number of hydrogen-bond acceptors (Lipinski definition) is 2. The summed E-state index contributed by atoms with van der Waals surface area (Å²) in [5.74, 6) is -0.0974. The highest BCUT2D eigenvalue weighted by atomic mass is 19.1. The molecule has 0 atom stereocenters. The second-order valence-electron chi connectivity index (χ2n) is 6.39. The molecule has 3 heteroatoms. The Morgan fingerprint density at radius 2 is 1.84 bits per heavy atom. The number of halogens is 1. The molecule has 1 fully saturated rings. The molecule has 1 heterocycles. The number of piperidine rings is 1. The van der Waals surface area contributed by atoms with E-state index >= 15 is 0 Å². The first-order valence-corrected chi connectivity index (χ1v) is 7.25. The van der Waals surface area contributed by atoms with Gasteiger partial charge < -0.3 is 10.2 Å². The van der Waals surface area contributed by atoms with E-state index in [0.717, 1.165) is 24.3 Å². The number of rotatable bonds is 3. The summed E-state index contributed by atoms with van der Waals surface area (Å²) in [4.78, 5) is 2.33. The van der Waals surface area contributed by atoms with Crippen LogP contribution < -0.4 is 10.2 Å². The molecule has 0 spiro atoms. The molecule has 1 N–H and O–H groups in total. The van der Waals surface area contributed by atoms with Crippen LogP contribution in [-0.4, -0.2) is 18.6 Å². The van der Waals surface area contributed by atoms with Crippen molar-refractivity contribution in [1.29, 1.82) is 0 Å². The molecule has 106 valence electrons. The Balaban J connectivity index is 2.20. The van der Waals surface area contributed by atoms with E-state index in [9.17, 15) is 4.39 Å². The van der Waals surface area contributed by atoms with Gasteiger partial charge in [0.1, 0.15) is 5.82 Å².